The predicted molar refractivity (Wildman–Crippen MR) is 143 cm³/mol. The van der Waals surface area contributed by atoms with E-state index >= 15 is 0 Å². The zero-order chi connectivity index (χ0) is 30.0. The highest BCUT2D eigenvalue weighted by molar-refractivity contribution is 5.74. The Hall–Kier alpha value is -3.89. The van der Waals surface area contributed by atoms with Crippen LogP contribution in [0.25, 0.3) is 0 Å². The number of hydrogen-bond acceptors (Lipinski definition) is 3. The summed E-state index contributed by atoms with van der Waals surface area (Å²) in [6, 6.07) is 19.1. The summed E-state index contributed by atoms with van der Waals surface area (Å²) in [5, 5.41) is 5.92. The van der Waals surface area contributed by atoms with Crippen molar-refractivity contribution in [2.24, 2.45) is 11.8 Å². The van der Waals surface area contributed by atoms with Gasteiger partial charge in [-0.2, -0.15) is 0 Å². The van der Waals surface area contributed by atoms with Gasteiger partial charge in [0.15, 0.2) is 0 Å². The van der Waals surface area contributed by atoms with E-state index in [1.54, 1.807) is 42.5 Å². The molecule has 2 aliphatic carbocycles. The van der Waals surface area contributed by atoms with Crippen LogP contribution in [0, 0.1) is 11.8 Å². The third-order valence-electron chi connectivity index (χ3n) is 8.19. The van der Waals surface area contributed by atoms with E-state index in [1.165, 1.54) is 24.3 Å². The van der Waals surface area contributed by atoms with Crippen LogP contribution in [0.2, 0.25) is 0 Å². The summed E-state index contributed by atoms with van der Waals surface area (Å²) in [6.45, 7) is -0.139. The van der Waals surface area contributed by atoms with E-state index in [1.807, 2.05) is 0 Å². The predicted octanol–water partition coefficient (Wildman–Crippen LogP) is 7.50. The number of urea groups is 1. The van der Waals surface area contributed by atoms with E-state index in [-0.39, 0.29) is 19.0 Å². The molecule has 3 aromatic carbocycles. The second kappa shape index (κ2) is 11.8. The largest absolute Gasteiger partial charge is 0.573 e. The van der Waals surface area contributed by atoms with Crippen molar-refractivity contribution in [1.29, 1.82) is 0 Å². The van der Waals surface area contributed by atoms with Crippen molar-refractivity contribution in [1.82, 2.24) is 10.6 Å². The van der Waals surface area contributed by atoms with Crippen LogP contribution in [0.3, 0.4) is 0 Å². The Labute approximate surface area is 239 Å². The number of carbonyl (C=O) groups is 1. The molecule has 0 spiro atoms. The molecule has 11 heteroatoms. The number of nitrogens with one attached hydrogen (secondary N) is 2. The van der Waals surface area contributed by atoms with Crippen LogP contribution in [-0.4, -0.2) is 31.3 Å². The summed E-state index contributed by atoms with van der Waals surface area (Å²) >= 11 is 0. The van der Waals surface area contributed by atoms with Crippen molar-refractivity contribution in [3.63, 3.8) is 0 Å². The molecule has 5 rings (SSSR count). The van der Waals surface area contributed by atoms with Gasteiger partial charge in [0.25, 0.3) is 0 Å². The van der Waals surface area contributed by atoms with Gasteiger partial charge in [0.05, 0.1) is 0 Å². The first-order valence-electron chi connectivity index (χ1n) is 13.7. The van der Waals surface area contributed by atoms with E-state index in [4.69, 9.17) is 0 Å². The quantitative estimate of drug-likeness (QED) is 0.253. The van der Waals surface area contributed by atoms with Crippen LogP contribution in [-0.2, 0) is 11.8 Å². The molecule has 0 unspecified atom stereocenters. The van der Waals surface area contributed by atoms with Crippen molar-refractivity contribution in [2.45, 2.75) is 56.3 Å². The fraction of sp³-hybridized carbons (Fsp3) is 0.387. The topological polar surface area (TPSA) is 59.6 Å². The van der Waals surface area contributed by atoms with Gasteiger partial charge in [-0.05, 0) is 78.5 Å². The number of carbonyl (C=O) groups excluding carboxylic acids is 1. The summed E-state index contributed by atoms with van der Waals surface area (Å²) in [5.41, 5.74) is 0.0376. The second-order valence-corrected chi connectivity index (χ2v) is 11.0. The number of benzene rings is 3. The minimum Gasteiger partial charge on any atom is -0.406 e. The van der Waals surface area contributed by atoms with Crippen LogP contribution in [0.4, 0.5) is 31.1 Å². The van der Waals surface area contributed by atoms with E-state index in [0.717, 1.165) is 43.4 Å². The summed E-state index contributed by atoms with van der Waals surface area (Å²) in [6.07, 6.45) is -5.63. The third kappa shape index (κ3) is 7.30. The highest BCUT2D eigenvalue weighted by atomic mass is 19.4. The first kappa shape index (κ1) is 29.6. The Morgan fingerprint density at radius 1 is 0.762 bits per heavy atom. The summed E-state index contributed by atoms with van der Waals surface area (Å²) < 4.78 is 87.3. The van der Waals surface area contributed by atoms with Crippen molar-refractivity contribution in [3.8, 4) is 11.5 Å². The lowest BCUT2D eigenvalue weighted by Gasteiger charge is -2.36. The first-order valence-corrected chi connectivity index (χ1v) is 13.7. The standard InChI is InChI=1S/C31H30F6N2O3/c32-30(33,34)41-25-10-4-8-23(16-25)29(18-20-6-2-1-3-7-20,24-9-5-11-26(17-24)42-31(35,36)37)19-38-28(40)39-27-15-21-12-13-22(27)14-21/h1-11,16-17,21-22,27H,12-15,18-19H2,(H2,38,39,40)/t21-,22+,27+/m0/s1. The van der Waals surface area contributed by atoms with Crippen molar-refractivity contribution in [3.05, 3.63) is 95.6 Å². The highest BCUT2D eigenvalue weighted by Crippen LogP contribution is 2.44. The number of alkyl halides is 6. The van der Waals surface area contributed by atoms with Gasteiger partial charge >= 0.3 is 18.8 Å². The lowest BCUT2D eigenvalue weighted by Crippen LogP contribution is -2.50. The lowest BCUT2D eigenvalue weighted by molar-refractivity contribution is -0.275. The summed E-state index contributed by atoms with van der Waals surface area (Å²) in [5.74, 6) is 0.00516. The van der Waals surface area contributed by atoms with Gasteiger partial charge in [-0.15, -0.1) is 26.3 Å². The Kier molecular flexibility index (Phi) is 8.30. The van der Waals surface area contributed by atoms with Crippen LogP contribution >= 0.6 is 0 Å². The molecule has 5 nitrogen and oxygen atoms in total. The summed E-state index contributed by atoms with van der Waals surface area (Å²) in [7, 11) is 0. The Morgan fingerprint density at radius 2 is 1.36 bits per heavy atom. The maximum absolute atomic E-state index is 13.2. The second-order valence-electron chi connectivity index (χ2n) is 11.0. The molecule has 42 heavy (non-hydrogen) atoms. The van der Waals surface area contributed by atoms with E-state index in [0.29, 0.717) is 23.0 Å². The van der Waals surface area contributed by atoms with Gasteiger partial charge < -0.3 is 20.1 Å². The number of fused-ring (bicyclic) bond motifs is 2. The molecule has 2 N–H and O–H groups in total. The molecule has 224 valence electrons. The van der Waals surface area contributed by atoms with E-state index < -0.39 is 35.7 Å². The number of hydrogen-bond donors (Lipinski definition) is 2. The zero-order valence-corrected chi connectivity index (χ0v) is 22.5. The molecule has 0 radical (unpaired) electrons. The third-order valence-corrected chi connectivity index (χ3v) is 8.19. The monoisotopic (exact) mass is 592 g/mol. The van der Waals surface area contributed by atoms with Crippen LogP contribution in [0.1, 0.15) is 42.4 Å². The average molecular weight is 593 g/mol. The average Bonchev–Trinajstić information content (AvgIpc) is 3.54. The molecule has 2 bridgehead atoms. The fourth-order valence-electron chi connectivity index (χ4n) is 6.44. The number of rotatable bonds is 9. The first-order chi connectivity index (χ1) is 19.9. The van der Waals surface area contributed by atoms with Crippen LogP contribution in [0.15, 0.2) is 78.9 Å². The van der Waals surface area contributed by atoms with Crippen molar-refractivity contribution >= 4 is 6.03 Å². The van der Waals surface area contributed by atoms with Gasteiger partial charge in [0.1, 0.15) is 11.5 Å². The number of halogens is 6. The molecule has 3 atom stereocenters. The normalized spacial score (nSPS) is 20.3. The Balaban J connectivity index is 1.55. The summed E-state index contributed by atoms with van der Waals surface area (Å²) in [4.78, 5) is 13.2. The van der Waals surface area contributed by atoms with Gasteiger partial charge in [0, 0.05) is 18.0 Å². The maximum atomic E-state index is 13.2. The number of ether oxygens (including phenoxy) is 2. The maximum Gasteiger partial charge on any atom is 0.573 e. The van der Waals surface area contributed by atoms with E-state index in [2.05, 4.69) is 20.1 Å². The Bertz CT molecular complexity index is 1320. The molecule has 0 aromatic heterocycles. The van der Waals surface area contributed by atoms with Gasteiger partial charge in [0.2, 0.25) is 0 Å². The van der Waals surface area contributed by atoms with E-state index in [9.17, 15) is 31.1 Å². The van der Waals surface area contributed by atoms with Gasteiger partial charge in [-0.3, -0.25) is 0 Å². The molecule has 0 saturated heterocycles. The lowest BCUT2D eigenvalue weighted by atomic mass is 9.70. The molecular formula is C31H30F6N2O3. The molecule has 2 amide bonds. The zero-order valence-electron chi connectivity index (χ0n) is 22.5. The minimum atomic E-state index is -4.96. The SMILES string of the molecule is O=C(NCC(Cc1ccccc1)(c1cccc(OC(F)(F)F)c1)c1cccc(OC(F)(F)F)c1)N[C@@H]1C[C@H]2CC[C@@H]1C2. The molecule has 0 heterocycles. The number of amides is 2. The van der Waals surface area contributed by atoms with Gasteiger partial charge in [-0.1, -0.05) is 61.0 Å². The minimum absolute atomic E-state index is 0.0271. The molecule has 2 fully saturated rings. The van der Waals surface area contributed by atoms with Crippen molar-refractivity contribution < 1.29 is 40.6 Å². The molecule has 0 aliphatic heterocycles. The van der Waals surface area contributed by atoms with Gasteiger partial charge in [-0.25, -0.2) is 4.79 Å². The van der Waals surface area contributed by atoms with Crippen LogP contribution in [0.5, 0.6) is 11.5 Å². The molecular weight excluding hydrogens is 562 g/mol. The molecule has 3 aromatic rings. The fourth-order valence-corrected chi connectivity index (χ4v) is 6.44. The molecule has 2 saturated carbocycles. The smallest absolute Gasteiger partial charge is 0.406 e. The highest BCUT2D eigenvalue weighted by Gasteiger charge is 2.41. The molecule has 2 aliphatic rings. The van der Waals surface area contributed by atoms with Crippen LogP contribution < -0.4 is 20.1 Å². The Morgan fingerprint density at radius 3 is 1.86 bits per heavy atom. The van der Waals surface area contributed by atoms with Crippen molar-refractivity contribution in [2.75, 3.05) is 6.54 Å².